The molecule has 96 valence electrons. The van der Waals surface area contributed by atoms with Crippen LogP contribution in [0.4, 0.5) is 0 Å². The number of benzene rings is 1. The van der Waals surface area contributed by atoms with Gasteiger partial charge in [0.1, 0.15) is 5.92 Å². The van der Waals surface area contributed by atoms with Crippen LogP contribution >= 0.6 is 0 Å². The number of nitrogens with zero attached hydrogens (tertiary/aromatic N) is 2. The van der Waals surface area contributed by atoms with Crippen LogP contribution in [0.25, 0.3) is 10.9 Å². The fraction of sp³-hybridized carbons (Fsp3) is 0.214. The van der Waals surface area contributed by atoms with Crippen LogP contribution < -0.4 is 0 Å². The molecule has 0 N–H and O–H groups in total. The molecule has 0 aliphatic carbocycles. The number of imide groups is 1. The van der Waals surface area contributed by atoms with E-state index < -0.39 is 23.5 Å². The molecule has 3 rings (SSSR count). The molecule has 1 aliphatic rings. The first-order valence-electron chi connectivity index (χ1n) is 5.92. The van der Waals surface area contributed by atoms with Gasteiger partial charge in [0.2, 0.25) is 11.7 Å². The number of carbonyl (C=O) groups excluding carboxylic acids is 3. The predicted octanol–water partition coefficient (Wildman–Crippen LogP) is 0.830. The van der Waals surface area contributed by atoms with Crippen LogP contribution in [0.2, 0.25) is 0 Å². The lowest BCUT2D eigenvalue weighted by Crippen LogP contribution is -2.26. The lowest BCUT2D eigenvalue weighted by atomic mass is 9.96. The number of likely N-dealkylation sites (tertiary alicyclic amines) is 1. The van der Waals surface area contributed by atoms with Gasteiger partial charge in [0, 0.05) is 31.2 Å². The summed E-state index contributed by atoms with van der Waals surface area (Å²) in [7, 11) is 3.19. The van der Waals surface area contributed by atoms with E-state index in [1.165, 1.54) is 7.05 Å². The minimum absolute atomic E-state index is 0.452. The number of amides is 2. The average Bonchev–Trinajstić information content (AvgIpc) is 2.83. The molecule has 0 saturated carbocycles. The molecule has 2 amide bonds. The molecule has 0 spiro atoms. The van der Waals surface area contributed by atoms with E-state index in [2.05, 4.69) is 0 Å². The maximum Gasteiger partial charge on any atom is 0.297 e. The molecular weight excluding hydrogens is 244 g/mol. The Balaban J connectivity index is 2.23. The van der Waals surface area contributed by atoms with Gasteiger partial charge in [0.25, 0.3) is 5.91 Å². The van der Waals surface area contributed by atoms with Crippen molar-refractivity contribution in [2.75, 3.05) is 7.05 Å². The van der Waals surface area contributed by atoms with Crippen LogP contribution in [0.1, 0.15) is 11.5 Å². The summed E-state index contributed by atoms with van der Waals surface area (Å²) in [5.41, 5.74) is 1.53. The Morgan fingerprint density at radius 3 is 2.37 bits per heavy atom. The van der Waals surface area contributed by atoms with Crippen molar-refractivity contribution < 1.29 is 14.4 Å². The zero-order chi connectivity index (χ0) is 13.7. The van der Waals surface area contributed by atoms with Crippen molar-refractivity contribution in [3.8, 4) is 0 Å². The van der Waals surface area contributed by atoms with Crippen molar-refractivity contribution >= 4 is 28.5 Å². The third-order valence-corrected chi connectivity index (χ3v) is 3.59. The first-order chi connectivity index (χ1) is 9.02. The molecule has 1 fully saturated rings. The Morgan fingerprint density at radius 2 is 1.74 bits per heavy atom. The summed E-state index contributed by atoms with van der Waals surface area (Å²) in [4.78, 5) is 36.5. The maximum atomic E-state index is 12.1. The molecule has 0 bridgehead atoms. The SMILES string of the molecule is CN1C(=O)C(=O)C(c2cn(C)c3ccccc23)C1=O. The summed E-state index contributed by atoms with van der Waals surface area (Å²) in [6, 6.07) is 7.51. The van der Waals surface area contributed by atoms with E-state index in [1.807, 2.05) is 35.9 Å². The Labute approximate surface area is 109 Å². The van der Waals surface area contributed by atoms with Gasteiger partial charge in [-0.25, -0.2) is 0 Å². The lowest BCUT2D eigenvalue weighted by molar-refractivity contribution is -0.141. The van der Waals surface area contributed by atoms with Crippen LogP contribution in [0.15, 0.2) is 30.5 Å². The van der Waals surface area contributed by atoms with E-state index in [0.29, 0.717) is 5.56 Å². The van der Waals surface area contributed by atoms with Crippen LogP contribution in [-0.4, -0.2) is 34.1 Å². The monoisotopic (exact) mass is 256 g/mol. The van der Waals surface area contributed by atoms with Crippen LogP contribution in [0, 0.1) is 0 Å². The molecule has 19 heavy (non-hydrogen) atoms. The van der Waals surface area contributed by atoms with E-state index in [-0.39, 0.29) is 0 Å². The predicted molar refractivity (Wildman–Crippen MR) is 68.4 cm³/mol. The minimum atomic E-state index is -0.997. The number of para-hydroxylation sites is 1. The van der Waals surface area contributed by atoms with Gasteiger partial charge < -0.3 is 4.57 Å². The summed E-state index contributed by atoms with van der Waals surface area (Å²) in [5, 5.41) is 0.833. The van der Waals surface area contributed by atoms with Gasteiger partial charge in [-0.3, -0.25) is 19.3 Å². The molecule has 5 nitrogen and oxygen atoms in total. The normalized spacial score (nSPS) is 19.8. The van der Waals surface area contributed by atoms with Crippen LogP contribution in [-0.2, 0) is 21.4 Å². The second kappa shape index (κ2) is 3.78. The topological polar surface area (TPSA) is 59.4 Å². The molecule has 1 aromatic carbocycles. The Kier molecular flexibility index (Phi) is 2.32. The highest BCUT2D eigenvalue weighted by Gasteiger charge is 2.46. The van der Waals surface area contributed by atoms with Gasteiger partial charge in [0.05, 0.1) is 0 Å². The number of Topliss-reactive ketones (excluding diaryl/α,β-unsaturated/α-hetero) is 1. The molecule has 1 unspecified atom stereocenters. The maximum absolute atomic E-state index is 12.1. The third kappa shape index (κ3) is 1.44. The number of likely N-dealkylation sites (N-methyl/N-ethyl adjacent to an activating group) is 1. The lowest BCUT2D eigenvalue weighted by Gasteiger charge is -2.06. The summed E-state index contributed by atoms with van der Waals surface area (Å²) in [6.45, 7) is 0. The molecular formula is C14H12N2O3. The van der Waals surface area contributed by atoms with E-state index in [4.69, 9.17) is 0 Å². The highest BCUT2D eigenvalue weighted by atomic mass is 16.2. The van der Waals surface area contributed by atoms with Crippen molar-refractivity contribution in [3.05, 3.63) is 36.0 Å². The van der Waals surface area contributed by atoms with Crippen LogP contribution in [0.3, 0.4) is 0 Å². The van der Waals surface area contributed by atoms with E-state index in [1.54, 1.807) is 6.20 Å². The Hall–Kier alpha value is -2.43. The number of rotatable bonds is 1. The average molecular weight is 256 g/mol. The van der Waals surface area contributed by atoms with Crippen molar-refractivity contribution in [1.29, 1.82) is 0 Å². The summed E-state index contributed by atoms with van der Waals surface area (Å²) < 4.78 is 1.86. The molecule has 2 aromatic rings. The van der Waals surface area contributed by atoms with Gasteiger partial charge in [0.15, 0.2) is 0 Å². The molecule has 1 aliphatic heterocycles. The number of aromatic nitrogens is 1. The summed E-state index contributed by atoms with van der Waals surface area (Å²) in [5.74, 6) is -2.83. The first kappa shape index (κ1) is 11.6. The second-order valence-corrected chi connectivity index (χ2v) is 4.71. The largest absolute Gasteiger partial charge is 0.350 e. The fourth-order valence-corrected chi connectivity index (χ4v) is 2.57. The number of aryl methyl sites for hydroxylation is 1. The van der Waals surface area contributed by atoms with E-state index in [9.17, 15) is 14.4 Å². The first-order valence-corrected chi connectivity index (χ1v) is 5.92. The quantitative estimate of drug-likeness (QED) is 0.431. The fourth-order valence-electron chi connectivity index (χ4n) is 2.57. The summed E-state index contributed by atoms with van der Waals surface area (Å²) in [6.07, 6.45) is 1.75. The highest BCUT2D eigenvalue weighted by molar-refractivity contribution is 6.50. The Morgan fingerprint density at radius 1 is 1.05 bits per heavy atom. The van der Waals surface area contributed by atoms with Crippen molar-refractivity contribution in [1.82, 2.24) is 9.47 Å². The standard InChI is InChI=1S/C14H12N2O3/c1-15-7-9(8-5-3-4-6-10(8)15)11-12(17)14(19)16(2)13(11)18/h3-7,11H,1-2H3. The van der Waals surface area contributed by atoms with Gasteiger partial charge in [-0.05, 0) is 11.6 Å². The van der Waals surface area contributed by atoms with Gasteiger partial charge in [-0.2, -0.15) is 0 Å². The number of ketones is 1. The number of hydrogen-bond acceptors (Lipinski definition) is 3. The number of hydrogen-bond donors (Lipinski definition) is 0. The van der Waals surface area contributed by atoms with Crippen molar-refractivity contribution in [2.45, 2.75) is 5.92 Å². The van der Waals surface area contributed by atoms with Gasteiger partial charge in [-0.15, -0.1) is 0 Å². The second-order valence-electron chi connectivity index (χ2n) is 4.71. The van der Waals surface area contributed by atoms with Gasteiger partial charge >= 0.3 is 0 Å². The van der Waals surface area contributed by atoms with Crippen molar-refractivity contribution in [2.24, 2.45) is 7.05 Å². The summed E-state index contributed by atoms with van der Waals surface area (Å²) >= 11 is 0. The highest BCUT2D eigenvalue weighted by Crippen LogP contribution is 2.32. The third-order valence-electron chi connectivity index (χ3n) is 3.59. The number of carbonyl (C=O) groups is 3. The van der Waals surface area contributed by atoms with Gasteiger partial charge in [-0.1, -0.05) is 18.2 Å². The van der Waals surface area contributed by atoms with E-state index in [0.717, 1.165) is 15.8 Å². The minimum Gasteiger partial charge on any atom is -0.350 e. The van der Waals surface area contributed by atoms with Crippen LogP contribution in [0.5, 0.6) is 0 Å². The Bertz CT molecular complexity index is 729. The van der Waals surface area contributed by atoms with E-state index >= 15 is 0 Å². The molecule has 5 heteroatoms. The number of fused-ring (bicyclic) bond motifs is 1. The van der Waals surface area contributed by atoms with Crippen molar-refractivity contribution in [3.63, 3.8) is 0 Å². The zero-order valence-electron chi connectivity index (χ0n) is 10.6. The molecule has 1 aromatic heterocycles. The smallest absolute Gasteiger partial charge is 0.297 e. The molecule has 2 heterocycles. The zero-order valence-corrected chi connectivity index (χ0v) is 10.6. The molecule has 1 saturated heterocycles. The molecule has 0 radical (unpaired) electrons. The molecule has 1 atom stereocenters.